The van der Waals surface area contributed by atoms with E-state index >= 15 is 0 Å². The molecule has 1 amide bonds. The minimum absolute atomic E-state index is 0.0417. The van der Waals surface area contributed by atoms with E-state index in [4.69, 9.17) is 4.74 Å². The van der Waals surface area contributed by atoms with Gasteiger partial charge in [0.15, 0.2) is 11.0 Å². The fourth-order valence-electron chi connectivity index (χ4n) is 3.67. The molecule has 0 aliphatic carbocycles. The van der Waals surface area contributed by atoms with E-state index in [2.05, 4.69) is 25.4 Å². The van der Waals surface area contributed by atoms with E-state index in [1.165, 1.54) is 11.8 Å². The van der Waals surface area contributed by atoms with Crippen LogP contribution in [0.4, 0.5) is 0 Å². The zero-order valence-corrected chi connectivity index (χ0v) is 20.8. The van der Waals surface area contributed by atoms with Gasteiger partial charge >= 0.3 is 0 Å². The number of pyridine rings is 1. The monoisotopic (exact) mass is 488 g/mol. The second-order valence-corrected chi connectivity index (χ2v) is 9.01. The first kappa shape index (κ1) is 24.4. The van der Waals surface area contributed by atoms with Crippen molar-refractivity contribution in [3.8, 4) is 22.8 Å². The van der Waals surface area contributed by atoms with Crippen LogP contribution < -0.4 is 10.1 Å². The molecule has 1 N–H and O–H groups in total. The Morgan fingerprint density at radius 1 is 1.06 bits per heavy atom. The summed E-state index contributed by atoms with van der Waals surface area (Å²) < 4.78 is 7.20. The van der Waals surface area contributed by atoms with Crippen molar-refractivity contribution < 1.29 is 9.53 Å². The maximum atomic E-state index is 12.8. The van der Waals surface area contributed by atoms with Gasteiger partial charge in [-0.3, -0.25) is 14.3 Å². The van der Waals surface area contributed by atoms with Crippen molar-refractivity contribution in [3.05, 3.63) is 84.7 Å². The maximum absolute atomic E-state index is 12.8. The lowest BCUT2D eigenvalue weighted by molar-refractivity contribution is -0.118. The van der Waals surface area contributed by atoms with Gasteiger partial charge in [-0.15, -0.1) is 10.2 Å². The van der Waals surface area contributed by atoms with Crippen LogP contribution in [-0.4, -0.2) is 64.1 Å². The second-order valence-electron chi connectivity index (χ2n) is 8.06. The third-order valence-corrected chi connectivity index (χ3v) is 6.45. The number of aromatic nitrogens is 4. The number of carbonyl (C=O) groups excluding carboxylic acids is 1. The van der Waals surface area contributed by atoms with E-state index in [9.17, 15) is 4.79 Å². The lowest BCUT2D eigenvalue weighted by Crippen LogP contribution is -2.35. The van der Waals surface area contributed by atoms with Gasteiger partial charge in [-0.05, 0) is 56.1 Å². The van der Waals surface area contributed by atoms with Crippen molar-refractivity contribution in [2.75, 3.05) is 33.5 Å². The molecule has 0 aliphatic rings. The first-order chi connectivity index (χ1) is 17.1. The molecule has 0 fully saturated rings. The second kappa shape index (κ2) is 11.6. The molecule has 0 spiro atoms. The Balaban J connectivity index is 1.45. The Bertz CT molecular complexity index is 1230. The Morgan fingerprint density at radius 3 is 2.49 bits per heavy atom. The number of nitrogens with one attached hydrogen (secondary N) is 1. The average molecular weight is 489 g/mol. The Hall–Kier alpha value is -3.69. The molecule has 1 atom stereocenters. The van der Waals surface area contributed by atoms with Gasteiger partial charge in [-0.25, -0.2) is 0 Å². The number of hydrogen-bond acceptors (Lipinski definition) is 7. The summed E-state index contributed by atoms with van der Waals surface area (Å²) in [4.78, 5) is 19.1. The molecule has 0 unspecified atom stereocenters. The van der Waals surface area contributed by atoms with E-state index in [0.717, 1.165) is 22.6 Å². The van der Waals surface area contributed by atoms with E-state index in [1.54, 1.807) is 19.5 Å². The molecule has 8 nitrogen and oxygen atoms in total. The number of nitrogens with zero attached hydrogens (tertiary/aromatic N) is 5. The third-order valence-electron chi connectivity index (χ3n) is 5.52. The number of para-hydroxylation sites is 1. The Kier molecular flexibility index (Phi) is 8.12. The zero-order valence-electron chi connectivity index (χ0n) is 20.0. The number of thioether (sulfide) groups is 1. The summed E-state index contributed by atoms with van der Waals surface area (Å²) in [7, 11) is 5.64. The number of rotatable bonds is 10. The van der Waals surface area contributed by atoms with Crippen molar-refractivity contribution in [3.63, 3.8) is 0 Å². The van der Waals surface area contributed by atoms with Gasteiger partial charge in [-0.1, -0.05) is 42.1 Å². The van der Waals surface area contributed by atoms with Gasteiger partial charge in [-0.2, -0.15) is 0 Å². The summed E-state index contributed by atoms with van der Waals surface area (Å²) in [6.45, 7) is 0.491. The number of benzene rings is 2. The lowest BCUT2D eigenvalue weighted by atomic mass is 10.1. The number of amides is 1. The van der Waals surface area contributed by atoms with Crippen LogP contribution in [0.1, 0.15) is 11.6 Å². The fraction of sp³-hybridized carbons (Fsp3) is 0.231. The van der Waals surface area contributed by atoms with E-state index < -0.39 is 0 Å². The van der Waals surface area contributed by atoms with Gasteiger partial charge in [0, 0.05) is 30.2 Å². The maximum Gasteiger partial charge on any atom is 0.230 e. The number of methoxy groups -OCH3 is 1. The first-order valence-corrected chi connectivity index (χ1v) is 12.2. The van der Waals surface area contributed by atoms with Gasteiger partial charge in [0.1, 0.15) is 5.75 Å². The molecule has 0 aliphatic heterocycles. The van der Waals surface area contributed by atoms with Crippen LogP contribution in [0.2, 0.25) is 0 Å². The lowest BCUT2D eigenvalue weighted by Gasteiger charge is -2.25. The van der Waals surface area contributed by atoms with Gasteiger partial charge in [0.2, 0.25) is 5.91 Å². The topological polar surface area (TPSA) is 85.2 Å². The number of hydrogen-bond donors (Lipinski definition) is 1. The van der Waals surface area contributed by atoms with Crippen LogP contribution in [0.3, 0.4) is 0 Å². The predicted octanol–water partition coefficient (Wildman–Crippen LogP) is 3.85. The number of likely N-dealkylation sites (N-methyl/N-ethyl adjacent to an activating group) is 1. The van der Waals surface area contributed by atoms with E-state index in [1.807, 2.05) is 85.4 Å². The highest BCUT2D eigenvalue weighted by Crippen LogP contribution is 2.27. The SMILES string of the molecule is COc1ccc([C@@H](CNC(=O)CSc2nnc(-c3cccnc3)n2-c2ccccc2)N(C)C)cc1. The zero-order chi connectivity index (χ0) is 24.6. The highest BCUT2D eigenvalue weighted by molar-refractivity contribution is 7.99. The van der Waals surface area contributed by atoms with Crippen LogP contribution in [0.15, 0.2) is 84.3 Å². The molecule has 2 aromatic carbocycles. The highest BCUT2D eigenvalue weighted by Gasteiger charge is 2.19. The third kappa shape index (κ3) is 6.06. The molecule has 2 heterocycles. The average Bonchev–Trinajstić information content (AvgIpc) is 3.33. The normalized spacial score (nSPS) is 11.9. The summed E-state index contributed by atoms with van der Waals surface area (Å²) >= 11 is 1.35. The van der Waals surface area contributed by atoms with Gasteiger partial charge < -0.3 is 15.0 Å². The van der Waals surface area contributed by atoms with Gasteiger partial charge in [0.25, 0.3) is 0 Å². The molecule has 0 bridgehead atoms. The minimum atomic E-state index is -0.0686. The molecule has 180 valence electrons. The van der Waals surface area contributed by atoms with E-state index in [-0.39, 0.29) is 17.7 Å². The molecule has 9 heteroatoms. The Morgan fingerprint density at radius 2 is 1.83 bits per heavy atom. The quantitative estimate of drug-likeness (QED) is 0.339. The molecule has 35 heavy (non-hydrogen) atoms. The molecule has 2 aromatic heterocycles. The number of carbonyl (C=O) groups is 1. The number of ether oxygens (including phenoxy) is 1. The van der Waals surface area contributed by atoms with Crippen molar-refractivity contribution in [2.45, 2.75) is 11.2 Å². The largest absolute Gasteiger partial charge is 0.497 e. The molecule has 4 rings (SSSR count). The van der Waals surface area contributed by atoms with Crippen molar-refractivity contribution in [1.82, 2.24) is 30.0 Å². The fourth-order valence-corrected chi connectivity index (χ4v) is 4.45. The standard InChI is InChI=1S/C26H28N6O2S/c1-31(2)23(19-11-13-22(34-3)14-12-19)17-28-24(33)18-35-26-30-29-25(20-8-7-15-27-16-20)32(26)21-9-5-4-6-10-21/h4-16,23H,17-18H2,1-3H3,(H,28,33)/t23-/m1/s1. The smallest absolute Gasteiger partial charge is 0.230 e. The first-order valence-electron chi connectivity index (χ1n) is 11.2. The summed E-state index contributed by atoms with van der Waals surface area (Å²) in [6.07, 6.45) is 3.48. The Labute approximate surface area is 209 Å². The van der Waals surface area contributed by atoms with Crippen molar-refractivity contribution in [2.24, 2.45) is 0 Å². The molecule has 0 saturated heterocycles. The summed E-state index contributed by atoms with van der Waals surface area (Å²) in [5.41, 5.74) is 2.88. The summed E-state index contributed by atoms with van der Waals surface area (Å²) in [6, 6.07) is 21.6. The molecular formula is C26H28N6O2S. The van der Waals surface area contributed by atoms with Gasteiger partial charge in [0.05, 0.1) is 18.9 Å². The van der Waals surface area contributed by atoms with E-state index in [0.29, 0.717) is 17.5 Å². The van der Waals surface area contributed by atoms with Crippen LogP contribution >= 0.6 is 11.8 Å². The van der Waals surface area contributed by atoms with Crippen LogP contribution in [0.25, 0.3) is 17.1 Å². The predicted molar refractivity (Wildman–Crippen MR) is 138 cm³/mol. The summed E-state index contributed by atoms with van der Waals surface area (Å²) in [5, 5.41) is 12.5. The molecular weight excluding hydrogens is 460 g/mol. The van der Waals surface area contributed by atoms with Crippen LogP contribution in [0.5, 0.6) is 5.75 Å². The van der Waals surface area contributed by atoms with Crippen molar-refractivity contribution in [1.29, 1.82) is 0 Å². The van der Waals surface area contributed by atoms with Crippen LogP contribution in [-0.2, 0) is 4.79 Å². The molecule has 0 radical (unpaired) electrons. The highest BCUT2D eigenvalue weighted by atomic mass is 32.2. The van der Waals surface area contributed by atoms with Crippen LogP contribution in [0, 0.1) is 0 Å². The molecule has 4 aromatic rings. The van der Waals surface area contributed by atoms with Crippen molar-refractivity contribution >= 4 is 17.7 Å². The molecule has 0 saturated carbocycles. The minimum Gasteiger partial charge on any atom is -0.497 e. The summed E-state index contributed by atoms with van der Waals surface area (Å²) in [5.74, 6) is 1.64.